The van der Waals surface area contributed by atoms with Gasteiger partial charge in [0.05, 0.1) is 11.4 Å². The molecule has 1 aliphatic heterocycles. The van der Waals surface area contributed by atoms with Gasteiger partial charge in [-0.3, -0.25) is 5.10 Å². The number of H-pyrrole nitrogens is 1. The molecule has 7 heteroatoms. The third-order valence-electron chi connectivity index (χ3n) is 3.81. The van der Waals surface area contributed by atoms with E-state index >= 15 is 0 Å². The van der Waals surface area contributed by atoms with Gasteiger partial charge < -0.3 is 0 Å². The molecule has 1 aromatic rings. The summed E-state index contributed by atoms with van der Waals surface area (Å²) in [6.07, 6.45) is 1.64. The molecule has 2 rings (SSSR count). The van der Waals surface area contributed by atoms with Crippen LogP contribution in [-0.2, 0) is 10.0 Å². The van der Waals surface area contributed by atoms with E-state index < -0.39 is 10.0 Å². The number of sulfonamides is 1. The van der Waals surface area contributed by atoms with Crippen molar-refractivity contribution in [2.75, 3.05) is 13.1 Å². The lowest BCUT2D eigenvalue weighted by atomic mass is 9.95. The van der Waals surface area contributed by atoms with Crippen LogP contribution in [0.2, 0.25) is 0 Å². The van der Waals surface area contributed by atoms with Crippen molar-refractivity contribution < 1.29 is 8.42 Å². The third-order valence-corrected chi connectivity index (χ3v) is 6.33. The van der Waals surface area contributed by atoms with Crippen molar-refractivity contribution in [2.24, 2.45) is 5.92 Å². The maximum absolute atomic E-state index is 12.6. The minimum atomic E-state index is -3.43. The number of alkyl halides is 1. The fourth-order valence-corrected chi connectivity index (χ4v) is 4.68. The molecule has 1 N–H and O–H groups in total. The van der Waals surface area contributed by atoms with Gasteiger partial charge in [-0.25, -0.2) is 8.42 Å². The molecule has 0 amide bonds. The van der Waals surface area contributed by atoms with E-state index in [4.69, 9.17) is 11.6 Å². The zero-order chi connectivity index (χ0) is 14.2. The number of hydrogen-bond donors (Lipinski definition) is 1. The predicted octanol–water partition coefficient (Wildman–Crippen LogP) is 2.05. The Morgan fingerprint density at radius 1 is 1.37 bits per heavy atom. The summed E-state index contributed by atoms with van der Waals surface area (Å²) in [5.41, 5.74) is 1.13. The Morgan fingerprint density at radius 3 is 2.37 bits per heavy atom. The molecule has 1 unspecified atom stereocenters. The predicted molar refractivity (Wildman–Crippen MR) is 74.9 cm³/mol. The molecule has 0 aliphatic carbocycles. The molecule has 0 spiro atoms. The number of aryl methyl sites for hydroxylation is 2. The first kappa shape index (κ1) is 14.8. The molecular weight excluding hydrogens is 286 g/mol. The van der Waals surface area contributed by atoms with E-state index in [0.29, 0.717) is 35.3 Å². The van der Waals surface area contributed by atoms with Gasteiger partial charge in [-0.2, -0.15) is 9.40 Å². The Labute approximate surface area is 119 Å². The largest absolute Gasteiger partial charge is 0.281 e. The SMILES string of the molecule is Cc1n[nH]c(C)c1S(=O)(=O)N1CCC(C(C)Cl)CC1. The van der Waals surface area contributed by atoms with E-state index in [2.05, 4.69) is 10.2 Å². The summed E-state index contributed by atoms with van der Waals surface area (Å²) in [7, 11) is -3.43. The zero-order valence-electron chi connectivity index (χ0n) is 11.5. The second-order valence-electron chi connectivity index (χ2n) is 5.18. The fraction of sp³-hybridized carbons (Fsp3) is 0.750. The van der Waals surface area contributed by atoms with Gasteiger partial charge in [0.1, 0.15) is 4.90 Å². The van der Waals surface area contributed by atoms with E-state index in [1.165, 1.54) is 0 Å². The van der Waals surface area contributed by atoms with Crippen LogP contribution in [-0.4, -0.2) is 41.4 Å². The summed E-state index contributed by atoms with van der Waals surface area (Å²) in [5, 5.41) is 6.80. The second kappa shape index (κ2) is 5.42. The average Bonchev–Trinajstić information content (AvgIpc) is 2.69. The van der Waals surface area contributed by atoms with E-state index in [9.17, 15) is 8.42 Å². The number of hydrogen-bond acceptors (Lipinski definition) is 3. The van der Waals surface area contributed by atoms with Crippen LogP contribution in [0, 0.1) is 19.8 Å². The number of piperidine rings is 1. The summed E-state index contributed by atoms with van der Waals surface area (Å²) in [6.45, 7) is 6.49. The van der Waals surface area contributed by atoms with Crippen molar-refractivity contribution in [2.45, 2.75) is 43.9 Å². The molecule has 108 valence electrons. The van der Waals surface area contributed by atoms with E-state index in [1.807, 2.05) is 6.92 Å². The molecule has 1 atom stereocenters. The number of aromatic amines is 1. The van der Waals surface area contributed by atoms with Crippen molar-refractivity contribution in [3.05, 3.63) is 11.4 Å². The summed E-state index contributed by atoms with van der Waals surface area (Å²) in [4.78, 5) is 0.324. The first-order valence-electron chi connectivity index (χ1n) is 6.50. The van der Waals surface area contributed by atoms with E-state index in [-0.39, 0.29) is 5.38 Å². The molecule has 2 heterocycles. The zero-order valence-corrected chi connectivity index (χ0v) is 13.1. The Hall–Kier alpha value is -0.590. The van der Waals surface area contributed by atoms with Crippen LogP contribution in [0.25, 0.3) is 0 Å². The van der Waals surface area contributed by atoms with Crippen LogP contribution in [0.4, 0.5) is 0 Å². The molecule has 0 aromatic carbocycles. The maximum Gasteiger partial charge on any atom is 0.246 e. The number of halogens is 1. The van der Waals surface area contributed by atoms with Crippen molar-refractivity contribution in [1.82, 2.24) is 14.5 Å². The molecule has 1 fully saturated rings. The van der Waals surface area contributed by atoms with Crippen molar-refractivity contribution in [3.8, 4) is 0 Å². The average molecular weight is 306 g/mol. The minimum Gasteiger partial charge on any atom is -0.281 e. The van der Waals surface area contributed by atoms with Crippen molar-refractivity contribution in [1.29, 1.82) is 0 Å². The Balaban J connectivity index is 2.19. The van der Waals surface area contributed by atoms with E-state index in [0.717, 1.165) is 12.8 Å². The molecule has 1 aromatic heterocycles. The van der Waals surface area contributed by atoms with Gasteiger partial charge in [0.25, 0.3) is 0 Å². The molecular formula is C12H20ClN3O2S. The van der Waals surface area contributed by atoms with Gasteiger partial charge in [-0.1, -0.05) is 0 Å². The summed E-state index contributed by atoms with van der Waals surface area (Å²) in [5.74, 6) is 0.402. The number of nitrogens with one attached hydrogen (secondary N) is 1. The van der Waals surface area contributed by atoms with Gasteiger partial charge >= 0.3 is 0 Å². The molecule has 0 radical (unpaired) electrons. The van der Waals surface area contributed by atoms with Crippen LogP contribution < -0.4 is 0 Å². The summed E-state index contributed by atoms with van der Waals surface area (Å²) >= 11 is 6.09. The normalized spacial score (nSPS) is 20.6. The minimum absolute atomic E-state index is 0.0993. The molecule has 0 bridgehead atoms. The molecule has 1 aliphatic rings. The Morgan fingerprint density at radius 2 is 1.95 bits per heavy atom. The summed E-state index contributed by atoms with van der Waals surface area (Å²) in [6, 6.07) is 0. The first-order valence-corrected chi connectivity index (χ1v) is 8.37. The smallest absolute Gasteiger partial charge is 0.246 e. The highest BCUT2D eigenvalue weighted by atomic mass is 35.5. The van der Waals surface area contributed by atoms with Crippen molar-refractivity contribution in [3.63, 3.8) is 0 Å². The van der Waals surface area contributed by atoms with E-state index in [1.54, 1.807) is 18.2 Å². The van der Waals surface area contributed by atoms with Gasteiger partial charge in [-0.15, -0.1) is 11.6 Å². The first-order chi connectivity index (χ1) is 8.84. The lowest BCUT2D eigenvalue weighted by molar-refractivity contribution is 0.271. The van der Waals surface area contributed by atoms with Gasteiger partial charge in [0.2, 0.25) is 10.0 Å². The number of nitrogens with zero attached hydrogens (tertiary/aromatic N) is 2. The van der Waals surface area contributed by atoms with Gasteiger partial charge in [-0.05, 0) is 39.5 Å². The monoisotopic (exact) mass is 305 g/mol. The molecule has 1 saturated heterocycles. The van der Waals surface area contributed by atoms with Crippen molar-refractivity contribution >= 4 is 21.6 Å². The van der Waals surface area contributed by atoms with Crippen LogP contribution in [0.5, 0.6) is 0 Å². The topological polar surface area (TPSA) is 66.1 Å². The Kier molecular flexibility index (Phi) is 4.23. The maximum atomic E-state index is 12.6. The molecule has 5 nitrogen and oxygen atoms in total. The van der Waals surface area contributed by atoms with Crippen LogP contribution in [0.15, 0.2) is 4.90 Å². The number of rotatable bonds is 3. The fourth-order valence-electron chi connectivity index (χ4n) is 2.63. The van der Waals surface area contributed by atoms with Crippen LogP contribution in [0.1, 0.15) is 31.2 Å². The third kappa shape index (κ3) is 2.80. The van der Waals surface area contributed by atoms with Gasteiger partial charge in [0.15, 0.2) is 0 Å². The summed E-state index contributed by atoms with van der Waals surface area (Å²) < 4.78 is 26.7. The van der Waals surface area contributed by atoms with Crippen LogP contribution >= 0.6 is 11.6 Å². The highest BCUT2D eigenvalue weighted by Gasteiger charge is 2.33. The standard InChI is InChI=1S/C12H20ClN3O2S/c1-8(13)11-4-6-16(7-5-11)19(17,18)12-9(2)14-15-10(12)3/h8,11H,4-7H2,1-3H3,(H,14,15). The Bertz CT molecular complexity index is 526. The second-order valence-corrected chi connectivity index (χ2v) is 7.75. The highest BCUT2D eigenvalue weighted by Crippen LogP contribution is 2.29. The quantitative estimate of drug-likeness (QED) is 0.869. The lowest BCUT2D eigenvalue weighted by Crippen LogP contribution is -2.40. The van der Waals surface area contributed by atoms with Crippen LogP contribution in [0.3, 0.4) is 0 Å². The van der Waals surface area contributed by atoms with Gasteiger partial charge in [0, 0.05) is 18.5 Å². The molecule has 0 saturated carbocycles. The molecule has 19 heavy (non-hydrogen) atoms. The number of aromatic nitrogens is 2. The lowest BCUT2D eigenvalue weighted by Gasteiger charge is -2.32. The highest BCUT2D eigenvalue weighted by molar-refractivity contribution is 7.89.